The van der Waals surface area contributed by atoms with Gasteiger partial charge in [0, 0.05) is 17.3 Å². The summed E-state index contributed by atoms with van der Waals surface area (Å²) >= 11 is 0. The summed E-state index contributed by atoms with van der Waals surface area (Å²) < 4.78 is 2.15. The van der Waals surface area contributed by atoms with Crippen LogP contribution < -0.4 is 0 Å². The summed E-state index contributed by atoms with van der Waals surface area (Å²) in [5, 5.41) is 28.8. The minimum atomic E-state index is -0.0436. The molecule has 5 rings (SSSR count). The highest BCUT2D eigenvalue weighted by Crippen LogP contribution is 2.36. The molecule has 3 aromatic heterocycles. The highest BCUT2D eigenvalue weighted by Gasteiger charge is 2.16. The molecule has 0 fully saturated rings. The summed E-state index contributed by atoms with van der Waals surface area (Å²) in [6, 6.07) is 15.6. The first kappa shape index (κ1) is 17.3. The predicted octanol–water partition coefficient (Wildman–Crippen LogP) is 5.24. The number of H-pyrrole nitrogens is 1. The van der Waals surface area contributed by atoms with Crippen molar-refractivity contribution in [2.75, 3.05) is 0 Å². The van der Waals surface area contributed by atoms with E-state index in [1.54, 1.807) is 0 Å². The Morgan fingerprint density at radius 1 is 1.00 bits per heavy atom. The van der Waals surface area contributed by atoms with Crippen molar-refractivity contribution in [2.45, 2.75) is 20.4 Å². The lowest BCUT2D eigenvalue weighted by Gasteiger charge is -2.09. The van der Waals surface area contributed by atoms with Crippen molar-refractivity contribution in [3.8, 4) is 5.88 Å². The maximum atomic E-state index is 10.2. The summed E-state index contributed by atoms with van der Waals surface area (Å²) in [4.78, 5) is 7.49. The highest BCUT2D eigenvalue weighted by molar-refractivity contribution is 6.04. The van der Waals surface area contributed by atoms with E-state index >= 15 is 0 Å². The molecule has 0 spiro atoms. The molecule has 0 atom stereocenters. The van der Waals surface area contributed by atoms with Gasteiger partial charge in [-0.25, -0.2) is 0 Å². The Labute approximate surface area is 165 Å². The van der Waals surface area contributed by atoms with Crippen LogP contribution in [0.2, 0.25) is 0 Å². The van der Waals surface area contributed by atoms with Gasteiger partial charge in [-0.2, -0.15) is 4.98 Å². The molecule has 0 amide bonds. The van der Waals surface area contributed by atoms with E-state index in [0.29, 0.717) is 11.6 Å². The molecule has 0 saturated carbocycles. The van der Waals surface area contributed by atoms with Gasteiger partial charge in [0.15, 0.2) is 11.3 Å². The van der Waals surface area contributed by atoms with Crippen LogP contribution in [-0.4, -0.2) is 29.8 Å². The van der Waals surface area contributed by atoms with E-state index in [4.69, 9.17) is 0 Å². The molecule has 2 N–H and O–H groups in total. The zero-order valence-corrected chi connectivity index (χ0v) is 16.0. The Hall–Kier alpha value is -3.81. The van der Waals surface area contributed by atoms with Crippen molar-refractivity contribution in [3.05, 3.63) is 48.5 Å². The molecule has 0 unspecified atom stereocenters. The number of rotatable bonds is 4. The van der Waals surface area contributed by atoms with Gasteiger partial charge < -0.3 is 14.7 Å². The predicted molar refractivity (Wildman–Crippen MR) is 112 cm³/mol. The second kappa shape index (κ2) is 6.66. The monoisotopic (exact) mass is 385 g/mol. The molecule has 144 valence electrons. The SMILES string of the molecule is CC(C)Cn1c2ccccc2c2nnc(N=Nc3c(O)[nH]c4ccccc34)nc21. The maximum Gasteiger partial charge on any atom is 0.289 e. The third kappa shape index (κ3) is 2.89. The van der Waals surface area contributed by atoms with Crippen LogP contribution in [0.4, 0.5) is 11.6 Å². The molecule has 3 heterocycles. The van der Waals surface area contributed by atoms with E-state index in [1.807, 2.05) is 42.5 Å². The van der Waals surface area contributed by atoms with Crippen LogP contribution in [-0.2, 0) is 6.54 Å². The number of aromatic hydroxyl groups is 1. The van der Waals surface area contributed by atoms with Gasteiger partial charge in [0.05, 0.1) is 11.0 Å². The smallest absolute Gasteiger partial charge is 0.289 e. The number of para-hydroxylation sites is 2. The Balaban J connectivity index is 1.63. The fourth-order valence-electron chi connectivity index (χ4n) is 3.60. The number of nitrogens with zero attached hydrogens (tertiary/aromatic N) is 6. The number of hydrogen-bond acceptors (Lipinski definition) is 6. The number of hydrogen-bond donors (Lipinski definition) is 2. The van der Waals surface area contributed by atoms with Crippen molar-refractivity contribution >= 4 is 44.6 Å². The summed E-state index contributed by atoms with van der Waals surface area (Å²) in [5.74, 6) is 0.546. The van der Waals surface area contributed by atoms with Crippen LogP contribution in [0.1, 0.15) is 13.8 Å². The van der Waals surface area contributed by atoms with Crippen molar-refractivity contribution < 1.29 is 5.11 Å². The van der Waals surface area contributed by atoms with Gasteiger partial charge in [-0.05, 0) is 18.1 Å². The molecule has 8 nitrogen and oxygen atoms in total. The molecule has 0 saturated heterocycles. The van der Waals surface area contributed by atoms with Crippen LogP contribution in [0.5, 0.6) is 5.88 Å². The largest absolute Gasteiger partial charge is 0.493 e. The number of azo groups is 1. The van der Waals surface area contributed by atoms with Crippen molar-refractivity contribution in [3.63, 3.8) is 0 Å². The lowest BCUT2D eigenvalue weighted by Crippen LogP contribution is -2.05. The van der Waals surface area contributed by atoms with Gasteiger partial charge in [-0.1, -0.05) is 50.2 Å². The lowest BCUT2D eigenvalue weighted by atomic mass is 10.2. The number of aromatic nitrogens is 5. The molecule has 0 aliphatic carbocycles. The topological polar surface area (TPSA) is 104 Å². The molecule has 0 radical (unpaired) electrons. The van der Waals surface area contributed by atoms with E-state index in [9.17, 15) is 5.11 Å². The van der Waals surface area contributed by atoms with Crippen molar-refractivity contribution in [1.82, 2.24) is 24.7 Å². The Kier molecular flexibility index (Phi) is 3.97. The number of aromatic amines is 1. The number of nitrogens with one attached hydrogen (secondary N) is 1. The number of fused-ring (bicyclic) bond motifs is 4. The van der Waals surface area contributed by atoms with Gasteiger partial charge in [0.2, 0.25) is 5.88 Å². The second-order valence-electron chi connectivity index (χ2n) is 7.37. The van der Waals surface area contributed by atoms with E-state index in [0.717, 1.165) is 39.5 Å². The lowest BCUT2D eigenvalue weighted by molar-refractivity contribution is 0.459. The van der Waals surface area contributed by atoms with E-state index in [-0.39, 0.29) is 11.8 Å². The first-order valence-electron chi connectivity index (χ1n) is 9.45. The molecule has 29 heavy (non-hydrogen) atoms. The third-order valence-electron chi connectivity index (χ3n) is 4.81. The molecular formula is C21H19N7O. The quantitative estimate of drug-likeness (QED) is 0.413. The minimum absolute atomic E-state index is 0.0436. The van der Waals surface area contributed by atoms with E-state index < -0.39 is 0 Å². The van der Waals surface area contributed by atoms with Crippen LogP contribution >= 0.6 is 0 Å². The Morgan fingerprint density at radius 2 is 1.76 bits per heavy atom. The van der Waals surface area contributed by atoms with Gasteiger partial charge in [-0.15, -0.1) is 20.4 Å². The molecule has 8 heteroatoms. The van der Waals surface area contributed by atoms with Crippen LogP contribution in [0, 0.1) is 5.92 Å². The van der Waals surface area contributed by atoms with Crippen molar-refractivity contribution in [2.24, 2.45) is 16.1 Å². The van der Waals surface area contributed by atoms with E-state index in [2.05, 4.69) is 54.9 Å². The fraction of sp³-hybridized carbons (Fsp3) is 0.190. The van der Waals surface area contributed by atoms with Crippen LogP contribution in [0.15, 0.2) is 58.8 Å². The molecule has 2 aromatic carbocycles. The maximum absolute atomic E-state index is 10.2. The fourth-order valence-corrected chi connectivity index (χ4v) is 3.60. The van der Waals surface area contributed by atoms with Gasteiger partial charge in [0.25, 0.3) is 5.95 Å². The minimum Gasteiger partial charge on any atom is -0.493 e. The molecular weight excluding hydrogens is 366 g/mol. The molecule has 0 aliphatic heterocycles. The van der Waals surface area contributed by atoms with Crippen LogP contribution in [0.3, 0.4) is 0 Å². The van der Waals surface area contributed by atoms with Gasteiger partial charge in [-0.3, -0.25) is 0 Å². The average Bonchev–Trinajstić information content (AvgIpc) is 3.20. The summed E-state index contributed by atoms with van der Waals surface area (Å²) in [7, 11) is 0. The van der Waals surface area contributed by atoms with Crippen LogP contribution in [0.25, 0.3) is 33.0 Å². The second-order valence-corrected chi connectivity index (χ2v) is 7.37. The normalized spacial score (nSPS) is 12.2. The number of benzene rings is 2. The summed E-state index contributed by atoms with van der Waals surface area (Å²) in [5.41, 5.74) is 3.68. The van der Waals surface area contributed by atoms with Gasteiger partial charge >= 0.3 is 0 Å². The first-order chi connectivity index (χ1) is 14.1. The summed E-state index contributed by atoms with van der Waals surface area (Å²) in [6.07, 6.45) is 0. The molecule has 5 aromatic rings. The van der Waals surface area contributed by atoms with Crippen molar-refractivity contribution in [1.29, 1.82) is 0 Å². The zero-order chi connectivity index (χ0) is 20.0. The van der Waals surface area contributed by atoms with Gasteiger partial charge in [0.1, 0.15) is 5.52 Å². The molecule has 0 aliphatic rings. The standard InChI is InChI=1S/C21H19N7O/c1-12(2)11-28-16-10-6-4-8-14(16)17-19(28)23-21(26-24-17)27-25-18-13-7-3-5-9-15(13)22-20(18)29/h3-10,12,22,29H,11H2,1-2H3. The third-order valence-corrected chi connectivity index (χ3v) is 4.81. The molecule has 0 bridgehead atoms. The highest BCUT2D eigenvalue weighted by atomic mass is 16.3. The first-order valence-corrected chi connectivity index (χ1v) is 9.45. The zero-order valence-electron chi connectivity index (χ0n) is 16.0. The van der Waals surface area contributed by atoms with E-state index in [1.165, 1.54) is 0 Å². The average molecular weight is 385 g/mol. The Morgan fingerprint density at radius 3 is 2.59 bits per heavy atom. The Bertz CT molecular complexity index is 1380. The summed E-state index contributed by atoms with van der Waals surface area (Å²) in [6.45, 7) is 5.13.